The van der Waals surface area contributed by atoms with Gasteiger partial charge in [-0.25, -0.2) is 8.78 Å². The summed E-state index contributed by atoms with van der Waals surface area (Å²) in [5, 5.41) is 8.58. The number of benzene rings is 2. The van der Waals surface area contributed by atoms with Gasteiger partial charge < -0.3 is 0 Å². The van der Waals surface area contributed by atoms with Gasteiger partial charge in [-0.15, -0.1) is 11.3 Å². The van der Waals surface area contributed by atoms with Crippen molar-refractivity contribution in [1.82, 2.24) is 0 Å². The summed E-state index contributed by atoms with van der Waals surface area (Å²) in [7, 11) is 0. The van der Waals surface area contributed by atoms with Crippen LogP contribution in [0.3, 0.4) is 0 Å². The van der Waals surface area contributed by atoms with Crippen LogP contribution in [0.2, 0.25) is 0 Å². The summed E-state index contributed by atoms with van der Waals surface area (Å²) in [6.07, 6.45) is 0.697. The van der Waals surface area contributed by atoms with Gasteiger partial charge in [-0.05, 0) is 47.3 Å². The van der Waals surface area contributed by atoms with E-state index < -0.39 is 0 Å². The lowest BCUT2D eigenvalue weighted by Gasteiger charge is -2.22. The summed E-state index contributed by atoms with van der Waals surface area (Å²) >= 11 is 1.65. The molecule has 120 valence electrons. The van der Waals surface area contributed by atoms with E-state index in [1.807, 2.05) is 22.5 Å². The first-order valence-corrected chi connectivity index (χ1v) is 8.50. The second-order valence-electron chi connectivity index (χ2n) is 5.61. The SMILES string of the molecule is Fc1ccc(C2=NN(c3cccc(F)c3)[C@@H](c3cccs3)C2)cc1. The Morgan fingerprint density at radius 2 is 1.79 bits per heavy atom. The van der Waals surface area contributed by atoms with Gasteiger partial charge in [-0.2, -0.15) is 5.10 Å². The highest BCUT2D eigenvalue weighted by molar-refractivity contribution is 7.10. The van der Waals surface area contributed by atoms with Crippen molar-refractivity contribution in [3.05, 3.63) is 88.1 Å². The average molecular weight is 340 g/mol. The molecular weight excluding hydrogens is 326 g/mol. The maximum atomic E-state index is 13.6. The highest BCUT2D eigenvalue weighted by Crippen LogP contribution is 2.38. The summed E-state index contributed by atoms with van der Waals surface area (Å²) in [6.45, 7) is 0. The molecule has 0 N–H and O–H groups in total. The number of anilines is 1. The van der Waals surface area contributed by atoms with Crippen LogP contribution in [0.4, 0.5) is 14.5 Å². The zero-order chi connectivity index (χ0) is 16.5. The fourth-order valence-corrected chi connectivity index (χ4v) is 3.70. The molecule has 0 spiro atoms. The zero-order valence-corrected chi connectivity index (χ0v) is 13.5. The van der Waals surface area contributed by atoms with Gasteiger partial charge in [0, 0.05) is 11.3 Å². The van der Waals surface area contributed by atoms with Crippen LogP contribution in [0.1, 0.15) is 22.9 Å². The van der Waals surface area contributed by atoms with Crippen molar-refractivity contribution in [2.45, 2.75) is 12.5 Å². The smallest absolute Gasteiger partial charge is 0.125 e. The van der Waals surface area contributed by atoms with Crippen LogP contribution >= 0.6 is 11.3 Å². The number of hydrazone groups is 1. The molecule has 2 aromatic carbocycles. The second kappa shape index (κ2) is 6.17. The Bertz CT molecular complexity index is 873. The van der Waals surface area contributed by atoms with E-state index in [9.17, 15) is 8.78 Å². The Balaban J connectivity index is 1.75. The summed E-state index contributed by atoms with van der Waals surface area (Å²) in [6, 6.07) is 16.8. The molecule has 1 aliphatic rings. The lowest BCUT2D eigenvalue weighted by atomic mass is 10.0. The third kappa shape index (κ3) is 2.83. The maximum Gasteiger partial charge on any atom is 0.125 e. The Labute approximate surface area is 142 Å². The molecule has 0 radical (unpaired) electrons. The monoisotopic (exact) mass is 340 g/mol. The maximum absolute atomic E-state index is 13.6. The third-order valence-corrected chi connectivity index (χ3v) is 5.01. The Morgan fingerprint density at radius 1 is 0.958 bits per heavy atom. The van der Waals surface area contributed by atoms with Gasteiger partial charge in [0.2, 0.25) is 0 Å². The number of halogens is 2. The summed E-state index contributed by atoms with van der Waals surface area (Å²) in [4.78, 5) is 1.17. The first-order chi connectivity index (χ1) is 11.7. The van der Waals surface area contributed by atoms with E-state index >= 15 is 0 Å². The van der Waals surface area contributed by atoms with Crippen LogP contribution in [0.25, 0.3) is 0 Å². The standard InChI is InChI=1S/C19H14F2N2S/c20-14-8-6-13(7-9-14)17-12-18(19-5-2-10-24-19)23(22-17)16-4-1-3-15(21)11-16/h1-11,18H,12H2/t18-/m1/s1. The number of nitrogens with zero attached hydrogens (tertiary/aromatic N) is 2. The van der Waals surface area contributed by atoms with E-state index in [1.54, 1.807) is 29.5 Å². The first-order valence-electron chi connectivity index (χ1n) is 7.62. The van der Waals surface area contributed by atoms with Crippen molar-refractivity contribution in [1.29, 1.82) is 0 Å². The highest BCUT2D eigenvalue weighted by atomic mass is 32.1. The number of hydrogen-bond donors (Lipinski definition) is 0. The Hall–Kier alpha value is -2.53. The molecule has 0 saturated heterocycles. The molecule has 0 aliphatic carbocycles. The highest BCUT2D eigenvalue weighted by Gasteiger charge is 2.30. The van der Waals surface area contributed by atoms with Crippen LogP contribution in [0, 0.1) is 11.6 Å². The van der Waals surface area contributed by atoms with Crippen molar-refractivity contribution in [3.8, 4) is 0 Å². The molecule has 1 atom stereocenters. The molecule has 0 amide bonds. The zero-order valence-electron chi connectivity index (χ0n) is 12.7. The fourth-order valence-electron chi connectivity index (χ4n) is 2.89. The van der Waals surface area contributed by atoms with E-state index in [1.165, 1.54) is 29.1 Å². The molecule has 1 aliphatic heterocycles. The fraction of sp³-hybridized carbons (Fsp3) is 0.105. The van der Waals surface area contributed by atoms with Gasteiger partial charge in [0.25, 0.3) is 0 Å². The quantitative estimate of drug-likeness (QED) is 0.625. The van der Waals surface area contributed by atoms with Crippen LogP contribution in [0.5, 0.6) is 0 Å². The number of rotatable bonds is 3. The number of hydrogen-bond acceptors (Lipinski definition) is 3. The first kappa shape index (κ1) is 15.0. The van der Waals surface area contributed by atoms with Gasteiger partial charge in [-0.3, -0.25) is 5.01 Å². The minimum Gasteiger partial charge on any atom is -0.256 e. The van der Waals surface area contributed by atoms with Crippen LogP contribution in [-0.2, 0) is 0 Å². The van der Waals surface area contributed by atoms with Gasteiger partial charge in [0.1, 0.15) is 11.6 Å². The third-order valence-electron chi connectivity index (χ3n) is 4.03. The van der Waals surface area contributed by atoms with Crippen molar-refractivity contribution in [2.24, 2.45) is 5.10 Å². The predicted octanol–water partition coefficient (Wildman–Crippen LogP) is 5.38. The second-order valence-corrected chi connectivity index (χ2v) is 6.59. The van der Waals surface area contributed by atoms with Crippen molar-refractivity contribution >= 4 is 22.7 Å². The van der Waals surface area contributed by atoms with Crippen LogP contribution < -0.4 is 5.01 Å². The van der Waals surface area contributed by atoms with Crippen molar-refractivity contribution in [3.63, 3.8) is 0 Å². The Kier molecular flexibility index (Phi) is 3.86. The minimum atomic E-state index is -0.289. The van der Waals surface area contributed by atoms with E-state index in [2.05, 4.69) is 6.07 Å². The normalized spacial score (nSPS) is 17.2. The van der Waals surface area contributed by atoms with Crippen LogP contribution in [0.15, 0.2) is 71.1 Å². The Morgan fingerprint density at radius 3 is 2.50 bits per heavy atom. The van der Waals surface area contributed by atoms with E-state index in [4.69, 9.17) is 5.10 Å². The largest absolute Gasteiger partial charge is 0.256 e. The molecule has 0 saturated carbocycles. The molecule has 0 bridgehead atoms. The molecular formula is C19H14F2N2S. The topological polar surface area (TPSA) is 15.6 Å². The molecule has 2 heterocycles. The van der Waals surface area contributed by atoms with Crippen molar-refractivity contribution < 1.29 is 8.78 Å². The summed E-state index contributed by atoms with van der Waals surface area (Å²) < 4.78 is 26.8. The van der Waals surface area contributed by atoms with Crippen molar-refractivity contribution in [2.75, 3.05) is 5.01 Å². The molecule has 3 aromatic rings. The molecule has 5 heteroatoms. The van der Waals surface area contributed by atoms with E-state index in [0.29, 0.717) is 12.1 Å². The predicted molar refractivity (Wildman–Crippen MR) is 93.5 cm³/mol. The van der Waals surface area contributed by atoms with Gasteiger partial charge in [0.15, 0.2) is 0 Å². The van der Waals surface area contributed by atoms with E-state index in [0.717, 1.165) is 11.3 Å². The molecule has 0 fully saturated rings. The van der Waals surface area contributed by atoms with Gasteiger partial charge in [-0.1, -0.05) is 24.3 Å². The van der Waals surface area contributed by atoms with Gasteiger partial charge >= 0.3 is 0 Å². The average Bonchev–Trinajstić information content (AvgIpc) is 3.25. The van der Waals surface area contributed by atoms with Crippen LogP contribution in [-0.4, -0.2) is 5.71 Å². The summed E-state index contributed by atoms with van der Waals surface area (Å²) in [5.74, 6) is -0.558. The lowest BCUT2D eigenvalue weighted by molar-refractivity contribution is 0.624. The van der Waals surface area contributed by atoms with E-state index in [-0.39, 0.29) is 17.7 Å². The molecule has 0 unspecified atom stereocenters. The molecule has 4 rings (SSSR count). The lowest BCUT2D eigenvalue weighted by Crippen LogP contribution is -2.17. The minimum absolute atomic E-state index is 0.0202. The van der Waals surface area contributed by atoms with Gasteiger partial charge in [0.05, 0.1) is 17.4 Å². The number of thiophene rings is 1. The molecule has 24 heavy (non-hydrogen) atoms. The summed E-state index contributed by atoms with van der Waals surface area (Å²) in [5.41, 5.74) is 2.47. The molecule has 1 aromatic heterocycles. The molecule has 2 nitrogen and oxygen atoms in total.